The zero-order valence-corrected chi connectivity index (χ0v) is 31.7. The summed E-state index contributed by atoms with van der Waals surface area (Å²) in [5, 5.41) is 13.9. The molecule has 3 amide bonds. The summed E-state index contributed by atoms with van der Waals surface area (Å²) in [6.07, 6.45) is 2.30. The molecule has 16 heteroatoms. The Morgan fingerprint density at radius 1 is 1.23 bits per heavy atom. The topological polar surface area (TPSA) is 173 Å². The molecule has 0 aromatic heterocycles. The van der Waals surface area contributed by atoms with E-state index in [0.717, 1.165) is 28.2 Å². The molecule has 2 fully saturated rings. The number of aliphatic hydroxyl groups is 1. The van der Waals surface area contributed by atoms with Gasteiger partial charge < -0.3 is 39.6 Å². The van der Waals surface area contributed by atoms with Crippen LogP contribution in [0.4, 0.5) is 20.6 Å². The minimum absolute atomic E-state index is 0.0379. The van der Waals surface area contributed by atoms with Crippen molar-refractivity contribution in [2.75, 3.05) is 31.8 Å². The van der Waals surface area contributed by atoms with Crippen molar-refractivity contribution >= 4 is 58.5 Å². The van der Waals surface area contributed by atoms with E-state index in [1.165, 1.54) is 33.0 Å². The predicted molar refractivity (Wildman–Crippen MR) is 195 cm³/mol. The van der Waals surface area contributed by atoms with Crippen molar-refractivity contribution in [2.45, 2.75) is 88.6 Å². The number of amides is 3. The first kappa shape index (κ1) is 39.8. The van der Waals surface area contributed by atoms with Gasteiger partial charge in [-0.25, -0.2) is 14.0 Å². The second kappa shape index (κ2) is 15.5. The van der Waals surface area contributed by atoms with Crippen LogP contribution in [0.15, 0.2) is 48.1 Å². The number of rotatable bonds is 5. The molecular formula is C37H43Cl2FN4O9. The smallest absolute Gasteiger partial charge is 0.409 e. The predicted octanol–water partition coefficient (Wildman–Crippen LogP) is 5.33. The van der Waals surface area contributed by atoms with Gasteiger partial charge in [-0.1, -0.05) is 47.0 Å². The second-order valence-electron chi connectivity index (χ2n) is 13.9. The number of carbonyl (C=O) groups excluding carboxylic acids is 4. The van der Waals surface area contributed by atoms with E-state index < -0.39 is 65.4 Å². The third-order valence-electron chi connectivity index (χ3n) is 9.94. The number of fused-ring (bicyclic) bond motifs is 5. The minimum Gasteiger partial charge on any atom is -0.495 e. The highest BCUT2D eigenvalue weighted by molar-refractivity contribution is 6.35. The normalized spacial score (nSPS) is 28.3. The number of anilines is 2. The maximum atomic E-state index is 14.3. The zero-order chi connectivity index (χ0) is 39.0. The molecule has 3 aliphatic rings. The number of epoxide rings is 1. The lowest BCUT2D eigenvalue weighted by Gasteiger charge is -2.36. The zero-order valence-electron chi connectivity index (χ0n) is 30.2. The molecule has 286 valence electrons. The van der Waals surface area contributed by atoms with Gasteiger partial charge in [0.15, 0.2) is 0 Å². The van der Waals surface area contributed by atoms with Crippen LogP contribution < -0.4 is 20.7 Å². The summed E-state index contributed by atoms with van der Waals surface area (Å²) in [6, 6.07) is 4.30. The fourth-order valence-electron chi connectivity index (χ4n) is 6.47. The molecule has 4 N–H and O–H groups in total. The Morgan fingerprint density at radius 2 is 1.94 bits per heavy atom. The van der Waals surface area contributed by atoms with Crippen LogP contribution in [-0.2, 0) is 30.2 Å². The number of carbonyl (C=O) groups is 4. The van der Waals surface area contributed by atoms with Crippen LogP contribution in [0.25, 0.3) is 0 Å². The number of hydrogen-bond donors (Lipinski definition) is 3. The molecule has 2 saturated heterocycles. The Bertz CT molecular complexity index is 1880. The highest BCUT2D eigenvalue weighted by Crippen LogP contribution is 2.47. The maximum Gasteiger partial charge on any atom is 0.409 e. The van der Waals surface area contributed by atoms with Crippen LogP contribution in [0.3, 0.4) is 0 Å². The lowest BCUT2D eigenvalue weighted by atomic mass is 9.90. The summed E-state index contributed by atoms with van der Waals surface area (Å²) in [4.78, 5) is 56.0. The largest absolute Gasteiger partial charge is 0.495 e. The Kier molecular flexibility index (Phi) is 11.7. The van der Waals surface area contributed by atoms with E-state index >= 15 is 0 Å². The molecule has 0 saturated carbocycles. The fourth-order valence-corrected chi connectivity index (χ4v) is 7.04. The highest BCUT2D eigenvalue weighted by Gasteiger charge is 2.61. The fraction of sp³-hybridized carbons (Fsp3) is 0.459. The second-order valence-corrected chi connectivity index (χ2v) is 14.7. The Labute approximate surface area is 316 Å². The molecule has 3 heterocycles. The van der Waals surface area contributed by atoms with Crippen molar-refractivity contribution in [1.82, 2.24) is 10.2 Å². The number of halogens is 3. The summed E-state index contributed by atoms with van der Waals surface area (Å²) in [5.74, 6) is -2.66. The molecule has 0 radical (unpaired) electrons. The summed E-state index contributed by atoms with van der Waals surface area (Å²) < 4.78 is 37.4. The van der Waals surface area contributed by atoms with Gasteiger partial charge in [0.05, 0.1) is 41.6 Å². The van der Waals surface area contributed by atoms with Crippen molar-refractivity contribution < 1.29 is 47.6 Å². The van der Waals surface area contributed by atoms with Crippen molar-refractivity contribution in [1.29, 1.82) is 0 Å². The van der Waals surface area contributed by atoms with Gasteiger partial charge in [0, 0.05) is 33.4 Å². The summed E-state index contributed by atoms with van der Waals surface area (Å²) in [5.41, 5.74) is 4.36. The third-order valence-corrected chi connectivity index (χ3v) is 10.6. The lowest BCUT2D eigenvalue weighted by molar-refractivity contribution is -0.158. The Hall–Kier alpha value is -4.37. The van der Waals surface area contributed by atoms with E-state index in [4.69, 9.17) is 47.9 Å². The third kappa shape index (κ3) is 8.72. The van der Waals surface area contributed by atoms with E-state index in [-0.39, 0.29) is 47.0 Å². The van der Waals surface area contributed by atoms with Gasteiger partial charge in [-0.15, -0.1) is 0 Å². The highest BCUT2D eigenvalue weighted by atomic mass is 35.5. The van der Waals surface area contributed by atoms with Gasteiger partial charge in [0.25, 0.3) is 5.91 Å². The number of esters is 1. The average molecular weight is 778 g/mol. The van der Waals surface area contributed by atoms with Crippen LogP contribution in [0.1, 0.15) is 62.4 Å². The monoisotopic (exact) mass is 776 g/mol. The first-order valence-electron chi connectivity index (χ1n) is 16.9. The van der Waals surface area contributed by atoms with Gasteiger partial charge in [-0.05, 0) is 57.0 Å². The molecule has 4 bridgehead atoms. The number of nitrogens with two attached hydrogens (primary N) is 1. The number of alkyl carbamates (subject to hydrolysis) is 1. The molecule has 0 aliphatic carbocycles. The van der Waals surface area contributed by atoms with Gasteiger partial charge >= 0.3 is 12.1 Å². The Morgan fingerprint density at radius 3 is 2.64 bits per heavy atom. The molecule has 0 unspecified atom stereocenters. The number of hydrogen-bond acceptors (Lipinski definition) is 10. The number of benzene rings is 2. The van der Waals surface area contributed by atoms with Crippen molar-refractivity contribution in [3.8, 4) is 5.75 Å². The van der Waals surface area contributed by atoms with E-state index in [1.807, 2.05) is 13.0 Å². The van der Waals surface area contributed by atoms with Crippen LogP contribution >= 0.6 is 23.2 Å². The van der Waals surface area contributed by atoms with Gasteiger partial charge in [0.2, 0.25) is 5.91 Å². The van der Waals surface area contributed by atoms with Crippen LogP contribution in [0.2, 0.25) is 10.0 Å². The van der Waals surface area contributed by atoms with E-state index in [1.54, 1.807) is 31.2 Å². The average Bonchev–Trinajstić information content (AvgIpc) is 3.75. The van der Waals surface area contributed by atoms with Crippen LogP contribution in [-0.4, -0.2) is 90.8 Å². The summed E-state index contributed by atoms with van der Waals surface area (Å²) in [7, 11) is 4.32. The molecule has 2 aromatic carbocycles. The molecule has 6 atom stereocenters. The van der Waals surface area contributed by atoms with Crippen LogP contribution in [0.5, 0.6) is 5.75 Å². The van der Waals surface area contributed by atoms with E-state index in [0.29, 0.717) is 17.9 Å². The van der Waals surface area contributed by atoms with Crippen molar-refractivity contribution in [3.63, 3.8) is 0 Å². The first-order valence-corrected chi connectivity index (χ1v) is 17.7. The molecule has 13 nitrogen and oxygen atoms in total. The summed E-state index contributed by atoms with van der Waals surface area (Å²) >= 11 is 12.9. The molecular weight excluding hydrogens is 734 g/mol. The van der Waals surface area contributed by atoms with E-state index in [9.17, 15) is 28.7 Å². The molecule has 5 rings (SSSR count). The number of ether oxygens (including phenoxy) is 4. The number of nitrogens with zero attached hydrogens (tertiary/aromatic N) is 2. The number of nitrogen functional groups attached to an aromatic ring is 1. The van der Waals surface area contributed by atoms with Gasteiger partial charge in [-0.2, -0.15) is 0 Å². The number of methoxy groups -OCH3 is 1. The number of nitrogens with one attached hydrogen (secondary N) is 1. The quantitative estimate of drug-likeness (QED) is 0.205. The SMILES string of the molecule is COc1cc2cc(c1Cl)N(C)C(=O)C[C@H](OC(=O)[C@H](C)N(C)C(=O)c1cc(F)c(N)cc1Cl)[C@]1(C)O[C@H]1C[C@@H]1C[C@](O)(C/C=C/C=C(\C)C2)NC(=O)O1. The minimum atomic E-state index is -1.60. The summed E-state index contributed by atoms with van der Waals surface area (Å²) in [6.45, 7) is 4.99. The lowest BCUT2D eigenvalue weighted by Crippen LogP contribution is -2.56. The first-order chi connectivity index (χ1) is 24.8. The number of allylic oxidation sites excluding steroid dienone is 3. The van der Waals surface area contributed by atoms with Gasteiger partial charge in [-0.3, -0.25) is 14.9 Å². The molecule has 53 heavy (non-hydrogen) atoms. The molecule has 2 aromatic rings. The molecule has 3 aliphatic heterocycles. The van der Waals surface area contributed by atoms with Crippen LogP contribution in [0, 0.1) is 5.82 Å². The van der Waals surface area contributed by atoms with Crippen molar-refractivity contribution in [3.05, 3.63) is 75.1 Å². The maximum absolute atomic E-state index is 14.3. The van der Waals surface area contributed by atoms with Gasteiger partial charge in [0.1, 0.15) is 46.2 Å². The molecule has 0 spiro atoms. The standard InChI is InChI=1S/C37H43Cl2FN4O9/c1-19-9-7-8-10-37(49)18-22(51-35(48)42-37)14-30-36(3,53-30)29(17-31(45)44(5)27-12-21(11-19)13-28(50-6)32(27)39)52-34(47)20(2)43(4)33(46)23-15-25(40)26(41)16-24(23)38/h7-9,12-13,15-16,20,22,29-30,49H,10-11,14,17-18,41H2,1-6H3,(H,42,48)/b8-7+,19-9+/t20-,22+,29-,30-,36-,37+/m0/s1. The Balaban J connectivity index is 1.47. The van der Waals surface area contributed by atoms with E-state index in [2.05, 4.69) is 5.32 Å². The number of likely N-dealkylation sites (N-methyl/N-ethyl adjacent to an activating group) is 1. The van der Waals surface area contributed by atoms with Crippen molar-refractivity contribution in [2.24, 2.45) is 0 Å².